The molecule has 0 spiro atoms. The summed E-state index contributed by atoms with van der Waals surface area (Å²) in [6.45, 7) is 0. The highest BCUT2D eigenvalue weighted by Crippen LogP contribution is 2.31. The predicted octanol–water partition coefficient (Wildman–Crippen LogP) is 2.63. The van der Waals surface area contributed by atoms with E-state index in [2.05, 4.69) is 4.98 Å². The van der Waals surface area contributed by atoms with Crippen LogP contribution in [0.2, 0.25) is 5.02 Å². The third-order valence-corrected chi connectivity index (χ3v) is 2.10. The summed E-state index contributed by atoms with van der Waals surface area (Å²) >= 11 is 10.6. The van der Waals surface area contributed by atoms with Crippen LogP contribution in [0.5, 0.6) is 0 Å². The van der Waals surface area contributed by atoms with Crippen molar-refractivity contribution in [3.8, 4) is 0 Å². The quantitative estimate of drug-likeness (QED) is 0.809. The Kier molecular flexibility index (Phi) is 3.23. The maximum absolute atomic E-state index is 12.2. The van der Waals surface area contributed by atoms with E-state index in [0.29, 0.717) is 0 Å². The number of anilines is 1. The third kappa shape index (κ3) is 1.93. The molecule has 1 aromatic heterocycles. The van der Waals surface area contributed by atoms with E-state index in [-0.39, 0.29) is 11.3 Å². The molecule has 0 aliphatic heterocycles. The van der Waals surface area contributed by atoms with Gasteiger partial charge in [-0.3, -0.25) is 9.78 Å². The molecule has 0 radical (unpaired) electrons. The molecule has 0 atom stereocenters. The number of pyridine rings is 1. The molecule has 14 heavy (non-hydrogen) atoms. The monoisotopic (exact) mass is 240 g/mol. The zero-order valence-corrected chi connectivity index (χ0v) is 8.11. The summed E-state index contributed by atoms with van der Waals surface area (Å²) in [5, 5.41) is -1.33. The maximum Gasteiger partial charge on any atom is 0.281 e. The Morgan fingerprint density at radius 1 is 1.57 bits per heavy atom. The molecule has 1 heterocycles. The van der Waals surface area contributed by atoms with Crippen molar-refractivity contribution in [3.63, 3.8) is 0 Å². The molecule has 0 unspecified atom stereocenters. The van der Waals surface area contributed by atoms with Crippen LogP contribution in [0.4, 0.5) is 14.5 Å². The number of carbonyl (C=O) groups is 1. The van der Waals surface area contributed by atoms with Gasteiger partial charge in [-0.25, -0.2) is 8.78 Å². The van der Waals surface area contributed by atoms with E-state index in [9.17, 15) is 13.6 Å². The Hall–Kier alpha value is -0.940. The van der Waals surface area contributed by atoms with E-state index in [1.807, 2.05) is 0 Å². The van der Waals surface area contributed by atoms with Gasteiger partial charge in [-0.1, -0.05) is 11.6 Å². The number of carbonyl (C=O) groups excluding carboxylic acids is 1. The molecule has 1 rings (SSSR count). The summed E-state index contributed by atoms with van der Waals surface area (Å²) in [7, 11) is 0. The lowest BCUT2D eigenvalue weighted by molar-refractivity contribution is 0.108. The fraction of sp³-hybridized carbons (Fsp3) is 0.143. The molecule has 3 nitrogen and oxygen atoms in total. The molecular formula is C7H4Cl2F2N2O. The van der Waals surface area contributed by atoms with Gasteiger partial charge in [0, 0.05) is 6.20 Å². The van der Waals surface area contributed by atoms with Gasteiger partial charge in [-0.05, 0) is 11.6 Å². The van der Waals surface area contributed by atoms with Gasteiger partial charge >= 0.3 is 0 Å². The minimum Gasteiger partial charge on any atom is -0.397 e. The Morgan fingerprint density at radius 2 is 2.14 bits per heavy atom. The molecule has 0 saturated heterocycles. The molecule has 2 N–H and O–H groups in total. The summed E-state index contributed by atoms with van der Waals surface area (Å²) in [6, 6.07) is 0. The Balaban J connectivity index is 3.33. The number of nitrogens with zero attached hydrogens (tertiary/aromatic N) is 1. The predicted molar refractivity (Wildman–Crippen MR) is 48.8 cm³/mol. The number of alkyl halides is 2. The zero-order chi connectivity index (χ0) is 10.9. The van der Waals surface area contributed by atoms with Crippen molar-refractivity contribution in [3.05, 3.63) is 22.5 Å². The molecule has 0 bridgehead atoms. The van der Waals surface area contributed by atoms with Crippen LogP contribution in [-0.4, -0.2) is 10.2 Å². The van der Waals surface area contributed by atoms with Crippen molar-refractivity contribution < 1.29 is 13.6 Å². The highest BCUT2D eigenvalue weighted by atomic mass is 35.5. The molecule has 0 aromatic carbocycles. The van der Waals surface area contributed by atoms with Crippen LogP contribution >= 0.6 is 23.2 Å². The minimum atomic E-state index is -2.84. The minimum absolute atomic E-state index is 0.180. The van der Waals surface area contributed by atoms with Crippen molar-refractivity contribution in [2.75, 3.05) is 5.73 Å². The van der Waals surface area contributed by atoms with E-state index < -0.39 is 22.4 Å². The van der Waals surface area contributed by atoms with Gasteiger partial charge in [0.25, 0.3) is 11.7 Å². The van der Waals surface area contributed by atoms with Gasteiger partial charge < -0.3 is 5.73 Å². The fourth-order valence-electron chi connectivity index (χ4n) is 0.825. The molecule has 76 valence electrons. The summed E-state index contributed by atoms with van der Waals surface area (Å²) in [5.41, 5.74) is 4.19. The van der Waals surface area contributed by atoms with E-state index in [4.69, 9.17) is 28.9 Å². The first-order valence-electron chi connectivity index (χ1n) is 3.37. The number of nitrogen functional groups attached to an aromatic ring is 1. The van der Waals surface area contributed by atoms with E-state index in [1.54, 1.807) is 0 Å². The van der Waals surface area contributed by atoms with Crippen molar-refractivity contribution >= 4 is 34.1 Å². The number of rotatable bonds is 2. The van der Waals surface area contributed by atoms with Crippen molar-refractivity contribution in [1.29, 1.82) is 0 Å². The van der Waals surface area contributed by atoms with Crippen molar-refractivity contribution in [2.24, 2.45) is 0 Å². The third-order valence-electron chi connectivity index (χ3n) is 1.50. The Bertz CT molecular complexity index is 384. The largest absolute Gasteiger partial charge is 0.397 e. The number of nitrogens with two attached hydrogens (primary N) is 1. The van der Waals surface area contributed by atoms with Gasteiger partial charge in [0.2, 0.25) is 0 Å². The van der Waals surface area contributed by atoms with Crippen LogP contribution in [0.3, 0.4) is 0 Å². The molecule has 0 aliphatic carbocycles. The highest BCUT2D eigenvalue weighted by Gasteiger charge is 2.20. The number of hydrogen-bond acceptors (Lipinski definition) is 3. The van der Waals surface area contributed by atoms with Crippen LogP contribution in [0.15, 0.2) is 6.20 Å². The first-order valence-corrected chi connectivity index (χ1v) is 4.12. The standard InChI is InChI=1S/C7H4Cl2F2N2O/c8-3-4(12)2(6(9)14)1-13-5(3)7(10)11/h1,7H,(H2,12,13). The molecule has 7 heteroatoms. The van der Waals surface area contributed by atoms with E-state index in [1.165, 1.54) is 0 Å². The molecule has 0 fully saturated rings. The molecule has 0 saturated carbocycles. The topological polar surface area (TPSA) is 56.0 Å². The second kappa shape index (κ2) is 4.06. The zero-order valence-electron chi connectivity index (χ0n) is 6.60. The lowest BCUT2D eigenvalue weighted by Crippen LogP contribution is -2.03. The smallest absolute Gasteiger partial charge is 0.281 e. The second-order valence-electron chi connectivity index (χ2n) is 2.36. The van der Waals surface area contributed by atoms with Crippen molar-refractivity contribution in [2.45, 2.75) is 6.43 Å². The highest BCUT2D eigenvalue weighted by molar-refractivity contribution is 6.68. The van der Waals surface area contributed by atoms with Crippen LogP contribution in [0.1, 0.15) is 22.5 Å². The van der Waals surface area contributed by atoms with Gasteiger partial charge in [-0.2, -0.15) is 0 Å². The van der Waals surface area contributed by atoms with Gasteiger partial charge in [0.1, 0.15) is 5.69 Å². The molecule has 1 aromatic rings. The number of hydrogen-bond donors (Lipinski definition) is 1. The molecule has 0 aliphatic rings. The van der Waals surface area contributed by atoms with Crippen LogP contribution in [0, 0.1) is 0 Å². The van der Waals surface area contributed by atoms with Gasteiger partial charge in [-0.15, -0.1) is 0 Å². The molecule has 0 amide bonds. The summed E-state index contributed by atoms with van der Waals surface area (Å²) in [4.78, 5) is 14.0. The average molecular weight is 241 g/mol. The van der Waals surface area contributed by atoms with Crippen LogP contribution in [-0.2, 0) is 0 Å². The lowest BCUT2D eigenvalue weighted by Gasteiger charge is -2.06. The normalized spacial score (nSPS) is 10.6. The Labute approximate surface area is 87.8 Å². The second-order valence-corrected chi connectivity index (χ2v) is 3.08. The number of halogens is 4. The first kappa shape index (κ1) is 11.1. The summed E-state index contributed by atoms with van der Waals surface area (Å²) in [5.74, 6) is 0. The summed E-state index contributed by atoms with van der Waals surface area (Å²) < 4.78 is 24.4. The SMILES string of the molecule is Nc1c(C(=O)Cl)cnc(C(F)F)c1Cl. The number of aromatic nitrogens is 1. The lowest BCUT2D eigenvalue weighted by atomic mass is 10.2. The van der Waals surface area contributed by atoms with E-state index in [0.717, 1.165) is 6.20 Å². The first-order chi connectivity index (χ1) is 6.45. The van der Waals surface area contributed by atoms with Crippen LogP contribution < -0.4 is 5.73 Å². The molecular weight excluding hydrogens is 237 g/mol. The average Bonchev–Trinajstić information content (AvgIpc) is 2.08. The summed E-state index contributed by atoms with van der Waals surface area (Å²) in [6.07, 6.45) is -1.97. The Morgan fingerprint density at radius 3 is 2.57 bits per heavy atom. The van der Waals surface area contributed by atoms with Gasteiger partial charge in [0.15, 0.2) is 0 Å². The maximum atomic E-state index is 12.2. The van der Waals surface area contributed by atoms with E-state index >= 15 is 0 Å². The van der Waals surface area contributed by atoms with Crippen LogP contribution in [0.25, 0.3) is 0 Å². The van der Waals surface area contributed by atoms with Gasteiger partial charge in [0.05, 0.1) is 16.3 Å². The fourth-order valence-corrected chi connectivity index (χ4v) is 1.21. The van der Waals surface area contributed by atoms with Crippen molar-refractivity contribution in [1.82, 2.24) is 4.98 Å².